The Morgan fingerprint density at radius 1 is 1.38 bits per heavy atom. The molecule has 0 amide bonds. The molecule has 0 aromatic heterocycles. The lowest BCUT2D eigenvalue weighted by Crippen LogP contribution is -2.33. The van der Waals surface area contributed by atoms with Gasteiger partial charge in [0.15, 0.2) is 0 Å². The van der Waals surface area contributed by atoms with Crippen LogP contribution in [-0.2, 0) is 9.84 Å². The molecular formula is C7H13NO4S. The molecule has 0 spiro atoms. The van der Waals surface area contributed by atoms with Crippen molar-refractivity contribution in [1.82, 2.24) is 0 Å². The lowest BCUT2D eigenvalue weighted by molar-refractivity contribution is -0.528. The molecule has 1 fully saturated rings. The molecular weight excluding hydrogens is 194 g/mol. The number of nitrogens with zero attached hydrogens (tertiary/aromatic N) is 1. The van der Waals surface area contributed by atoms with E-state index < -0.39 is 15.9 Å². The van der Waals surface area contributed by atoms with Crippen LogP contribution in [0.2, 0.25) is 0 Å². The lowest BCUT2D eigenvalue weighted by atomic mass is 9.96. The van der Waals surface area contributed by atoms with Crippen molar-refractivity contribution in [3.63, 3.8) is 0 Å². The second kappa shape index (κ2) is 3.61. The van der Waals surface area contributed by atoms with Crippen LogP contribution in [0.1, 0.15) is 19.8 Å². The highest BCUT2D eigenvalue weighted by Gasteiger charge is 2.32. The van der Waals surface area contributed by atoms with Gasteiger partial charge in [0.2, 0.25) is 6.04 Å². The van der Waals surface area contributed by atoms with Crippen LogP contribution in [0.25, 0.3) is 0 Å². The summed E-state index contributed by atoms with van der Waals surface area (Å²) in [4.78, 5) is 10.1. The molecule has 13 heavy (non-hydrogen) atoms. The first-order valence-corrected chi connectivity index (χ1v) is 6.08. The quantitative estimate of drug-likeness (QED) is 0.487. The summed E-state index contributed by atoms with van der Waals surface area (Å²) in [6, 6.07) is -0.615. The van der Waals surface area contributed by atoms with E-state index in [4.69, 9.17) is 0 Å². The Hall–Kier alpha value is -0.650. The zero-order valence-corrected chi connectivity index (χ0v) is 8.29. The van der Waals surface area contributed by atoms with Gasteiger partial charge in [0.05, 0.1) is 11.5 Å². The maximum Gasteiger partial charge on any atom is 0.213 e. The van der Waals surface area contributed by atoms with Crippen molar-refractivity contribution in [3.8, 4) is 0 Å². The summed E-state index contributed by atoms with van der Waals surface area (Å²) in [5.41, 5.74) is 0. The maximum atomic E-state index is 11.0. The van der Waals surface area contributed by atoms with E-state index >= 15 is 0 Å². The van der Waals surface area contributed by atoms with Gasteiger partial charge in [-0.05, 0) is 12.8 Å². The van der Waals surface area contributed by atoms with Crippen LogP contribution in [0.3, 0.4) is 0 Å². The molecule has 1 aliphatic rings. The van der Waals surface area contributed by atoms with E-state index in [9.17, 15) is 18.5 Å². The van der Waals surface area contributed by atoms with Gasteiger partial charge in [-0.2, -0.15) is 0 Å². The van der Waals surface area contributed by atoms with Crippen LogP contribution < -0.4 is 0 Å². The lowest BCUT2D eigenvalue weighted by Gasteiger charge is -2.22. The average molecular weight is 207 g/mol. The van der Waals surface area contributed by atoms with Gasteiger partial charge in [-0.15, -0.1) is 0 Å². The molecule has 0 saturated carbocycles. The maximum absolute atomic E-state index is 11.0. The smallest absolute Gasteiger partial charge is 0.213 e. The normalized spacial score (nSPS) is 25.3. The fourth-order valence-electron chi connectivity index (χ4n) is 1.56. The molecule has 1 rings (SSSR count). The molecule has 1 aliphatic heterocycles. The van der Waals surface area contributed by atoms with Crippen LogP contribution in [0, 0.1) is 16.0 Å². The van der Waals surface area contributed by atoms with Gasteiger partial charge in [0, 0.05) is 17.8 Å². The molecule has 1 saturated heterocycles. The van der Waals surface area contributed by atoms with Gasteiger partial charge < -0.3 is 0 Å². The molecule has 1 atom stereocenters. The van der Waals surface area contributed by atoms with Crippen LogP contribution in [0.5, 0.6) is 0 Å². The number of hydrogen-bond acceptors (Lipinski definition) is 4. The van der Waals surface area contributed by atoms with Crippen molar-refractivity contribution in [2.45, 2.75) is 25.8 Å². The summed E-state index contributed by atoms with van der Waals surface area (Å²) in [5.74, 6) is 0.143. The van der Waals surface area contributed by atoms with Crippen molar-refractivity contribution in [2.75, 3.05) is 11.5 Å². The molecule has 6 heteroatoms. The number of hydrogen-bond donors (Lipinski definition) is 0. The molecule has 0 radical (unpaired) electrons. The first-order chi connectivity index (χ1) is 5.92. The van der Waals surface area contributed by atoms with Crippen LogP contribution in [-0.4, -0.2) is 30.9 Å². The monoisotopic (exact) mass is 207 g/mol. The topological polar surface area (TPSA) is 77.3 Å². The molecule has 0 bridgehead atoms. The van der Waals surface area contributed by atoms with E-state index in [1.165, 1.54) is 0 Å². The van der Waals surface area contributed by atoms with E-state index in [1.54, 1.807) is 6.92 Å². The first kappa shape index (κ1) is 10.4. The molecule has 5 nitrogen and oxygen atoms in total. The van der Waals surface area contributed by atoms with Crippen LogP contribution >= 0.6 is 0 Å². The zero-order chi connectivity index (χ0) is 10.1. The highest BCUT2D eigenvalue weighted by atomic mass is 32.2. The third kappa shape index (κ3) is 2.65. The highest BCUT2D eigenvalue weighted by molar-refractivity contribution is 7.91. The largest absolute Gasteiger partial charge is 0.264 e. The molecule has 1 heterocycles. The molecule has 0 aromatic rings. The van der Waals surface area contributed by atoms with Crippen LogP contribution in [0.15, 0.2) is 0 Å². The Morgan fingerprint density at radius 3 is 2.23 bits per heavy atom. The van der Waals surface area contributed by atoms with E-state index in [0.29, 0.717) is 12.8 Å². The molecule has 76 valence electrons. The second-order valence-electron chi connectivity index (χ2n) is 3.52. The average Bonchev–Trinajstić information content (AvgIpc) is 2.03. The Balaban J connectivity index is 2.55. The van der Waals surface area contributed by atoms with E-state index in [0.717, 1.165) is 0 Å². The summed E-state index contributed by atoms with van der Waals surface area (Å²) >= 11 is 0. The zero-order valence-electron chi connectivity index (χ0n) is 7.47. The van der Waals surface area contributed by atoms with Gasteiger partial charge >= 0.3 is 0 Å². The second-order valence-corrected chi connectivity index (χ2v) is 5.82. The predicted molar refractivity (Wildman–Crippen MR) is 47.8 cm³/mol. The number of rotatable bonds is 2. The van der Waals surface area contributed by atoms with Crippen molar-refractivity contribution < 1.29 is 13.3 Å². The Bertz CT molecular complexity index is 284. The van der Waals surface area contributed by atoms with Gasteiger partial charge in [-0.25, -0.2) is 8.42 Å². The fraction of sp³-hybridized carbons (Fsp3) is 1.00. The van der Waals surface area contributed by atoms with Gasteiger partial charge in [-0.1, -0.05) is 0 Å². The van der Waals surface area contributed by atoms with Gasteiger partial charge in [-0.3, -0.25) is 10.1 Å². The van der Waals surface area contributed by atoms with E-state index in [-0.39, 0.29) is 22.3 Å². The van der Waals surface area contributed by atoms with Crippen molar-refractivity contribution in [3.05, 3.63) is 10.1 Å². The summed E-state index contributed by atoms with van der Waals surface area (Å²) in [6.45, 7) is 1.54. The Kier molecular flexibility index (Phi) is 2.90. The third-order valence-corrected chi connectivity index (χ3v) is 4.33. The van der Waals surface area contributed by atoms with E-state index in [2.05, 4.69) is 0 Å². The molecule has 0 aliphatic carbocycles. The SMILES string of the molecule is CC(C1CCS(=O)(=O)CC1)[N+](=O)[O-]. The predicted octanol–water partition coefficient (Wildman–Crippen LogP) is 0.476. The van der Waals surface area contributed by atoms with Crippen molar-refractivity contribution in [2.24, 2.45) is 5.92 Å². The minimum atomic E-state index is -2.90. The van der Waals surface area contributed by atoms with Crippen molar-refractivity contribution in [1.29, 1.82) is 0 Å². The fourth-order valence-corrected chi connectivity index (χ4v) is 3.09. The Labute approximate surface area is 77.2 Å². The van der Waals surface area contributed by atoms with E-state index in [1.807, 2.05) is 0 Å². The van der Waals surface area contributed by atoms with Crippen LogP contribution in [0.4, 0.5) is 0 Å². The first-order valence-electron chi connectivity index (χ1n) is 4.26. The minimum absolute atomic E-state index is 0.0708. The minimum Gasteiger partial charge on any atom is -0.264 e. The summed E-state index contributed by atoms with van der Waals surface area (Å²) in [5, 5.41) is 10.4. The van der Waals surface area contributed by atoms with Crippen molar-refractivity contribution >= 4 is 9.84 Å². The van der Waals surface area contributed by atoms with Gasteiger partial charge in [0.25, 0.3) is 0 Å². The summed E-state index contributed by atoms with van der Waals surface area (Å²) in [6.07, 6.45) is 0.870. The molecule has 0 aromatic carbocycles. The standard InChI is InChI=1S/C7H13NO4S/c1-6(8(9)10)7-2-4-13(11,12)5-3-7/h6-7H,2-5H2,1H3. The molecule has 0 N–H and O–H groups in total. The summed E-state index contributed by atoms with van der Waals surface area (Å²) in [7, 11) is -2.90. The number of nitro groups is 1. The third-order valence-electron chi connectivity index (χ3n) is 2.61. The Morgan fingerprint density at radius 2 is 1.85 bits per heavy atom. The number of sulfone groups is 1. The molecule has 1 unspecified atom stereocenters. The summed E-state index contributed by atoms with van der Waals surface area (Å²) < 4.78 is 22.0. The van der Waals surface area contributed by atoms with Gasteiger partial charge in [0.1, 0.15) is 9.84 Å². The highest BCUT2D eigenvalue weighted by Crippen LogP contribution is 2.23.